The topological polar surface area (TPSA) is 110 Å². The Morgan fingerprint density at radius 2 is 1.61 bits per heavy atom. The Labute approximate surface area is 180 Å². The number of nitrogens with zero attached hydrogens (tertiary/aromatic N) is 2. The maximum Gasteiger partial charge on any atom is 0.270 e. The molecule has 0 spiro atoms. The van der Waals surface area contributed by atoms with Crippen LogP contribution in [0.1, 0.15) is 34.3 Å². The molecule has 9 heteroatoms. The molecule has 0 atom stereocenters. The monoisotopic (exact) mass is 441 g/mol. The van der Waals surface area contributed by atoms with Crippen molar-refractivity contribution in [2.45, 2.75) is 32.6 Å². The first-order valence-electron chi connectivity index (χ1n) is 9.52. The molecule has 2 aromatic carbocycles. The van der Waals surface area contributed by atoms with Gasteiger partial charge in [-0.15, -0.1) is 0 Å². The molecule has 0 aliphatic rings. The Hall–Kier alpha value is -3.46. The van der Waals surface area contributed by atoms with E-state index in [1.807, 2.05) is 6.92 Å². The third-order valence-electron chi connectivity index (χ3n) is 4.70. The fourth-order valence-corrected chi connectivity index (χ4v) is 4.82. The molecule has 0 saturated heterocycles. The highest BCUT2D eigenvalue weighted by atomic mass is 32.2. The lowest BCUT2D eigenvalue weighted by atomic mass is 10.1. The fraction of sp³-hybridized carbons (Fsp3) is 0.227. The average Bonchev–Trinajstić information content (AvgIpc) is 3.06. The number of carbonyl (C=O) groups excluding carboxylic acids is 2. The lowest BCUT2D eigenvalue weighted by Crippen LogP contribution is -2.38. The lowest BCUT2D eigenvalue weighted by molar-refractivity contribution is -0.114. The normalized spacial score (nSPS) is 11.2. The molecule has 1 amide bonds. The van der Waals surface area contributed by atoms with Gasteiger partial charge in [0.2, 0.25) is 5.91 Å². The Kier molecular flexibility index (Phi) is 6.26. The van der Waals surface area contributed by atoms with Gasteiger partial charge in [0.1, 0.15) is 12.2 Å². The fourth-order valence-electron chi connectivity index (χ4n) is 3.10. The Bertz CT molecular complexity index is 1190. The van der Waals surface area contributed by atoms with Crippen molar-refractivity contribution < 1.29 is 22.5 Å². The molecular weight excluding hydrogens is 418 g/mol. The van der Waals surface area contributed by atoms with Crippen molar-refractivity contribution in [2.75, 3.05) is 16.2 Å². The number of carbonyl (C=O) groups is 2. The molecule has 0 aliphatic carbocycles. The zero-order valence-electron chi connectivity index (χ0n) is 17.7. The van der Waals surface area contributed by atoms with E-state index >= 15 is 0 Å². The van der Waals surface area contributed by atoms with Crippen molar-refractivity contribution in [3.8, 4) is 0 Å². The summed E-state index contributed by atoms with van der Waals surface area (Å²) < 4.78 is 32.9. The van der Waals surface area contributed by atoms with E-state index in [4.69, 9.17) is 4.52 Å². The second-order valence-electron chi connectivity index (χ2n) is 7.18. The molecule has 0 aliphatic heterocycles. The number of sulfonamides is 1. The third-order valence-corrected chi connectivity index (χ3v) is 6.72. The van der Waals surface area contributed by atoms with Gasteiger partial charge in [-0.3, -0.25) is 13.9 Å². The first-order chi connectivity index (χ1) is 14.6. The molecule has 0 unspecified atom stereocenters. The quantitative estimate of drug-likeness (QED) is 0.561. The summed E-state index contributed by atoms with van der Waals surface area (Å²) in [4.78, 5) is 24.1. The van der Waals surface area contributed by atoms with Crippen molar-refractivity contribution in [3.63, 3.8) is 0 Å². The Balaban J connectivity index is 1.92. The van der Waals surface area contributed by atoms with E-state index in [0.29, 0.717) is 16.9 Å². The zero-order chi connectivity index (χ0) is 22.8. The van der Waals surface area contributed by atoms with Crippen LogP contribution in [0.3, 0.4) is 0 Å². The molecule has 0 saturated carbocycles. The molecule has 8 nitrogen and oxygen atoms in total. The van der Waals surface area contributed by atoms with Gasteiger partial charge in [-0.25, -0.2) is 8.42 Å². The summed E-state index contributed by atoms with van der Waals surface area (Å²) in [5, 5.41) is 6.40. The van der Waals surface area contributed by atoms with E-state index in [2.05, 4.69) is 10.5 Å². The average molecular weight is 442 g/mol. The molecule has 1 N–H and O–H groups in total. The molecule has 0 bridgehead atoms. The van der Waals surface area contributed by atoms with Crippen LogP contribution < -0.4 is 9.62 Å². The number of Topliss-reactive ketones (excluding diaryl/α,β-unsaturated/α-hetero) is 1. The molecule has 3 aromatic rings. The highest BCUT2D eigenvalue weighted by molar-refractivity contribution is 7.93. The molecule has 1 aromatic heterocycles. The van der Waals surface area contributed by atoms with Crippen LogP contribution in [0.25, 0.3) is 0 Å². The van der Waals surface area contributed by atoms with E-state index in [9.17, 15) is 18.0 Å². The van der Waals surface area contributed by atoms with Gasteiger partial charge < -0.3 is 9.84 Å². The number of hydrogen-bond acceptors (Lipinski definition) is 6. The van der Waals surface area contributed by atoms with Crippen molar-refractivity contribution in [2.24, 2.45) is 0 Å². The van der Waals surface area contributed by atoms with E-state index < -0.39 is 22.5 Å². The van der Waals surface area contributed by atoms with Gasteiger partial charge in [0.05, 0.1) is 5.69 Å². The summed E-state index contributed by atoms with van der Waals surface area (Å²) in [6, 6.07) is 13.2. The first-order valence-corrected chi connectivity index (χ1v) is 11.0. The molecule has 162 valence electrons. The summed E-state index contributed by atoms with van der Waals surface area (Å²) in [5.74, 6) is -0.477. The van der Waals surface area contributed by atoms with E-state index in [-0.39, 0.29) is 22.1 Å². The van der Waals surface area contributed by atoms with Crippen LogP contribution in [0.4, 0.5) is 11.4 Å². The number of benzene rings is 2. The minimum absolute atomic E-state index is 0.0633. The van der Waals surface area contributed by atoms with E-state index in [0.717, 1.165) is 9.87 Å². The molecule has 1 heterocycles. The number of nitrogens with one attached hydrogen (secondary N) is 1. The van der Waals surface area contributed by atoms with Crippen LogP contribution in [0.15, 0.2) is 57.9 Å². The lowest BCUT2D eigenvalue weighted by Gasteiger charge is -2.24. The first kappa shape index (κ1) is 22.2. The molecule has 31 heavy (non-hydrogen) atoms. The SMILES string of the molecule is CC(=O)c1ccc(NC(=O)CN(c2ccc(C)cc2)S(=O)(=O)c2c(C)noc2C)cc1. The van der Waals surface area contributed by atoms with E-state index in [1.54, 1.807) is 48.5 Å². The summed E-state index contributed by atoms with van der Waals surface area (Å²) in [5.41, 5.74) is 2.48. The third kappa shape index (κ3) is 4.83. The molecule has 0 radical (unpaired) electrons. The summed E-state index contributed by atoms with van der Waals surface area (Å²) in [6.45, 7) is 5.93. The van der Waals surface area contributed by atoms with Crippen molar-refractivity contribution >= 4 is 33.1 Å². The maximum absolute atomic E-state index is 13.4. The highest BCUT2D eigenvalue weighted by Gasteiger charge is 2.32. The standard InChI is InChI=1S/C22H23N3O5S/c1-14-5-11-20(12-6-14)25(31(28,29)22-15(2)24-30-17(22)4)13-21(27)23-19-9-7-18(8-10-19)16(3)26/h5-12H,13H2,1-4H3,(H,23,27). The second kappa shape index (κ2) is 8.73. The summed E-state index contributed by atoms with van der Waals surface area (Å²) >= 11 is 0. The van der Waals surface area contributed by atoms with E-state index in [1.165, 1.54) is 20.8 Å². The Morgan fingerprint density at radius 3 is 2.13 bits per heavy atom. The van der Waals surface area contributed by atoms with Crippen LogP contribution in [-0.2, 0) is 14.8 Å². The Morgan fingerprint density at radius 1 is 1.00 bits per heavy atom. The molecule has 3 rings (SSSR count). The minimum Gasteiger partial charge on any atom is -0.360 e. The van der Waals surface area contributed by atoms with Crippen LogP contribution >= 0.6 is 0 Å². The number of hydrogen-bond donors (Lipinski definition) is 1. The van der Waals surface area contributed by atoms with Crippen LogP contribution in [-0.4, -0.2) is 31.8 Å². The van der Waals surface area contributed by atoms with Gasteiger partial charge in [-0.1, -0.05) is 22.9 Å². The zero-order valence-corrected chi connectivity index (χ0v) is 18.5. The number of ketones is 1. The van der Waals surface area contributed by atoms with Gasteiger partial charge in [-0.2, -0.15) is 0 Å². The predicted octanol–water partition coefficient (Wildman–Crippen LogP) is 3.64. The van der Waals surface area contributed by atoms with Gasteiger partial charge in [0.15, 0.2) is 16.4 Å². The van der Waals surface area contributed by atoms with Crippen molar-refractivity contribution in [1.29, 1.82) is 0 Å². The number of aryl methyl sites for hydroxylation is 3. The largest absolute Gasteiger partial charge is 0.360 e. The van der Waals surface area contributed by atoms with Gasteiger partial charge in [0, 0.05) is 11.3 Å². The number of amides is 1. The smallest absolute Gasteiger partial charge is 0.270 e. The number of aromatic nitrogens is 1. The molecule has 0 fully saturated rings. The van der Waals surface area contributed by atoms with Gasteiger partial charge >= 0.3 is 0 Å². The van der Waals surface area contributed by atoms with Crippen molar-refractivity contribution in [3.05, 3.63) is 71.1 Å². The number of anilines is 2. The number of rotatable bonds is 7. The summed E-state index contributed by atoms with van der Waals surface area (Å²) in [7, 11) is -4.12. The molecular formula is C22H23N3O5S. The summed E-state index contributed by atoms with van der Waals surface area (Å²) in [6.07, 6.45) is 0. The van der Waals surface area contributed by atoms with Gasteiger partial charge in [0.25, 0.3) is 10.0 Å². The minimum atomic E-state index is -4.12. The maximum atomic E-state index is 13.4. The van der Waals surface area contributed by atoms with Gasteiger partial charge in [-0.05, 0) is 64.1 Å². The van der Waals surface area contributed by atoms with Crippen LogP contribution in [0.5, 0.6) is 0 Å². The van der Waals surface area contributed by atoms with Crippen LogP contribution in [0.2, 0.25) is 0 Å². The van der Waals surface area contributed by atoms with Crippen LogP contribution in [0, 0.1) is 20.8 Å². The highest BCUT2D eigenvalue weighted by Crippen LogP contribution is 2.28. The van der Waals surface area contributed by atoms with Crippen molar-refractivity contribution in [1.82, 2.24) is 5.16 Å². The second-order valence-corrected chi connectivity index (χ2v) is 8.98. The predicted molar refractivity (Wildman–Crippen MR) is 117 cm³/mol.